The summed E-state index contributed by atoms with van der Waals surface area (Å²) in [5.41, 5.74) is 2.70. The summed E-state index contributed by atoms with van der Waals surface area (Å²) in [4.78, 5) is 18.5. The van der Waals surface area contributed by atoms with E-state index in [9.17, 15) is 5.11 Å². The topological polar surface area (TPSA) is 105 Å². The van der Waals surface area contributed by atoms with Crippen molar-refractivity contribution < 1.29 is 9.84 Å². The second-order valence-electron chi connectivity index (χ2n) is 7.85. The van der Waals surface area contributed by atoms with Crippen molar-refractivity contribution in [2.24, 2.45) is 5.92 Å². The predicted octanol–water partition coefficient (Wildman–Crippen LogP) is 4.51. The summed E-state index contributed by atoms with van der Waals surface area (Å²) >= 11 is 1.63. The zero-order valence-electron chi connectivity index (χ0n) is 19.2. The van der Waals surface area contributed by atoms with Gasteiger partial charge in [0, 0.05) is 39.6 Å². The van der Waals surface area contributed by atoms with Crippen LogP contribution in [0.5, 0.6) is 0 Å². The minimum Gasteiger partial charge on any atom is -0.396 e. The van der Waals surface area contributed by atoms with Crippen LogP contribution in [0.1, 0.15) is 44.7 Å². The monoisotopic (exact) mass is 458 g/mol. The fourth-order valence-electron chi connectivity index (χ4n) is 3.62. The highest BCUT2D eigenvalue weighted by Crippen LogP contribution is 2.35. The first-order valence-electron chi connectivity index (χ1n) is 11.3. The molecular formula is C23H34N6O2S. The van der Waals surface area contributed by atoms with Crippen molar-refractivity contribution in [3.8, 4) is 10.6 Å². The van der Waals surface area contributed by atoms with Gasteiger partial charge in [0.2, 0.25) is 5.95 Å². The predicted molar refractivity (Wildman–Crippen MR) is 131 cm³/mol. The number of pyridine rings is 1. The van der Waals surface area contributed by atoms with E-state index in [2.05, 4.69) is 22.5 Å². The number of nitrogens with zero attached hydrogens (tertiary/aromatic N) is 4. The summed E-state index contributed by atoms with van der Waals surface area (Å²) < 4.78 is 6.21. The standard InChI is InChI=1S/C23H34N6O2S/c1-4-17(9-13-30)7-12-25-21-20(22-28-18-15-24-11-8-19(18)32-22)16(2)27-23(29-21)26-10-5-6-14-31-3/h8,11,15,17,30H,4-7,9-10,12-14H2,1-3H3,(H2,25,26,27,29). The van der Waals surface area contributed by atoms with E-state index < -0.39 is 0 Å². The van der Waals surface area contributed by atoms with E-state index >= 15 is 0 Å². The Labute approximate surface area is 193 Å². The smallest absolute Gasteiger partial charge is 0.224 e. The van der Waals surface area contributed by atoms with Crippen molar-refractivity contribution in [3.05, 3.63) is 24.2 Å². The van der Waals surface area contributed by atoms with Crippen molar-refractivity contribution in [1.82, 2.24) is 19.9 Å². The highest BCUT2D eigenvalue weighted by Gasteiger charge is 2.18. The Hall–Kier alpha value is -2.36. The molecule has 0 aromatic carbocycles. The molecule has 0 saturated carbocycles. The van der Waals surface area contributed by atoms with Gasteiger partial charge in [-0.05, 0) is 44.6 Å². The molecule has 0 aliphatic heterocycles. The van der Waals surface area contributed by atoms with Crippen LogP contribution in [0, 0.1) is 12.8 Å². The van der Waals surface area contributed by atoms with E-state index in [1.54, 1.807) is 30.8 Å². The van der Waals surface area contributed by atoms with Crippen molar-refractivity contribution in [2.45, 2.75) is 46.0 Å². The highest BCUT2D eigenvalue weighted by atomic mass is 32.1. The van der Waals surface area contributed by atoms with E-state index in [1.165, 1.54) is 0 Å². The third-order valence-electron chi connectivity index (χ3n) is 5.51. The Kier molecular flexibility index (Phi) is 9.58. The van der Waals surface area contributed by atoms with Gasteiger partial charge in [-0.2, -0.15) is 4.98 Å². The lowest BCUT2D eigenvalue weighted by atomic mass is 9.99. The number of hydrogen-bond donors (Lipinski definition) is 3. The molecule has 3 rings (SSSR count). The first kappa shape index (κ1) is 24.3. The fraction of sp³-hybridized carbons (Fsp3) is 0.565. The van der Waals surface area contributed by atoms with Gasteiger partial charge in [-0.3, -0.25) is 4.98 Å². The molecule has 0 saturated heterocycles. The zero-order valence-corrected chi connectivity index (χ0v) is 20.0. The molecule has 0 spiro atoms. The number of nitrogens with one attached hydrogen (secondary N) is 2. The normalized spacial score (nSPS) is 12.2. The molecule has 1 atom stereocenters. The van der Waals surface area contributed by atoms with Gasteiger partial charge >= 0.3 is 0 Å². The fourth-order valence-corrected chi connectivity index (χ4v) is 4.65. The molecule has 3 heterocycles. The number of anilines is 2. The van der Waals surface area contributed by atoms with Crippen LogP contribution in [-0.2, 0) is 4.74 Å². The van der Waals surface area contributed by atoms with Gasteiger partial charge in [0.15, 0.2) is 0 Å². The molecule has 32 heavy (non-hydrogen) atoms. The molecule has 0 bridgehead atoms. The van der Waals surface area contributed by atoms with Gasteiger partial charge < -0.3 is 20.5 Å². The summed E-state index contributed by atoms with van der Waals surface area (Å²) in [5, 5.41) is 17.0. The number of ether oxygens (including phenoxy) is 1. The lowest BCUT2D eigenvalue weighted by molar-refractivity contribution is 0.193. The third kappa shape index (κ3) is 6.57. The SMILES string of the molecule is CCC(CCO)CCNc1nc(NCCCCOC)nc(C)c1-c1nc2cnccc2s1. The van der Waals surface area contributed by atoms with Gasteiger partial charge in [0.25, 0.3) is 0 Å². The number of aliphatic hydroxyl groups excluding tert-OH is 1. The van der Waals surface area contributed by atoms with Gasteiger partial charge in [-0.15, -0.1) is 11.3 Å². The van der Waals surface area contributed by atoms with Crippen molar-refractivity contribution in [3.63, 3.8) is 0 Å². The van der Waals surface area contributed by atoms with Crippen LogP contribution in [0.4, 0.5) is 11.8 Å². The average Bonchev–Trinajstić information content (AvgIpc) is 3.21. The Bertz CT molecular complexity index is 947. The molecule has 174 valence electrons. The Balaban J connectivity index is 1.83. The van der Waals surface area contributed by atoms with Crippen LogP contribution in [0.25, 0.3) is 20.8 Å². The number of fused-ring (bicyclic) bond motifs is 1. The highest BCUT2D eigenvalue weighted by molar-refractivity contribution is 7.21. The van der Waals surface area contributed by atoms with E-state index in [1.807, 2.05) is 13.0 Å². The second kappa shape index (κ2) is 12.6. The number of methoxy groups -OCH3 is 1. The maximum absolute atomic E-state index is 9.29. The minimum atomic E-state index is 0.229. The summed E-state index contributed by atoms with van der Waals surface area (Å²) in [6.07, 6.45) is 8.41. The molecule has 0 amide bonds. The molecule has 0 aliphatic carbocycles. The van der Waals surface area contributed by atoms with Crippen LogP contribution in [0.3, 0.4) is 0 Å². The number of rotatable bonds is 14. The molecule has 3 aromatic rings. The summed E-state index contributed by atoms with van der Waals surface area (Å²) in [6.45, 7) is 6.73. The second-order valence-corrected chi connectivity index (χ2v) is 8.88. The van der Waals surface area contributed by atoms with E-state index in [4.69, 9.17) is 19.7 Å². The van der Waals surface area contributed by atoms with E-state index in [-0.39, 0.29) is 6.61 Å². The lowest BCUT2D eigenvalue weighted by Gasteiger charge is -2.17. The summed E-state index contributed by atoms with van der Waals surface area (Å²) in [6, 6.07) is 1.98. The first-order valence-corrected chi connectivity index (χ1v) is 12.1. The van der Waals surface area contributed by atoms with Gasteiger partial charge in [-0.25, -0.2) is 9.97 Å². The molecule has 9 heteroatoms. The van der Waals surface area contributed by atoms with Crippen LogP contribution >= 0.6 is 11.3 Å². The lowest BCUT2D eigenvalue weighted by Crippen LogP contribution is -2.14. The average molecular weight is 459 g/mol. The van der Waals surface area contributed by atoms with E-state index in [0.29, 0.717) is 11.9 Å². The maximum Gasteiger partial charge on any atom is 0.224 e. The molecule has 0 fully saturated rings. The number of hydrogen-bond acceptors (Lipinski definition) is 9. The summed E-state index contributed by atoms with van der Waals surface area (Å²) in [7, 11) is 1.72. The van der Waals surface area contributed by atoms with Crippen LogP contribution in [0.15, 0.2) is 18.5 Å². The Morgan fingerprint density at radius 2 is 2.00 bits per heavy atom. The quantitative estimate of drug-likeness (QED) is 0.303. The molecule has 1 unspecified atom stereocenters. The third-order valence-corrected chi connectivity index (χ3v) is 6.57. The van der Waals surface area contributed by atoms with Crippen LogP contribution < -0.4 is 10.6 Å². The minimum absolute atomic E-state index is 0.229. The number of aliphatic hydroxyl groups is 1. The molecule has 3 aromatic heterocycles. The van der Waals surface area contributed by atoms with Crippen molar-refractivity contribution in [1.29, 1.82) is 0 Å². The summed E-state index contributed by atoms with van der Waals surface area (Å²) in [5.74, 6) is 1.91. The molecule has 0 radical (unpaired) electrons. The maximum atomic E-state index is 9.29. The molecule has 3 N–H and O–H groups in total. The molecule has 0 aliphatic rings. The number of thiazole rings is 1. The number of aryl methyl sites for hydroxylation is 1. The van der Waals surface area contributed by atoms with Crippen molar-refractivity contribution in [2.75, 3.05) is 44.0 Å². The number of aromatic nitrogens is 4. The van der Waals surface area contributed by atoms with Gasteiger partial charge in [0.1, 0.15) is 16.3 Å². The zero-order chi connectivity index (χ0) is 22.8. The Morgan fingerprint density at radius 3 is 2.75 bits per heavy atom. The largest absolute Gasteiger partial charge is 0.396 e. The number of unbranched alkanes of at least 4 members (excludes halogenated alkanes) is 1. The molecule has 8 nitrogen and oxygen atoms in total. The van der Waals surface area contributed by atoms with Crippen molar-refractivity contribution >= 4 is 33.3 Å². The van der Waals surface area contributed by atoms with Crippen LogP contribution in [0.2, 0.25) is 0 Å². The molecular weight excluding hydrogens is 424 g/mol. The van der Waals surface area contributed by atoms with Gasteiger partial charge in [0.05, 0.1) is 22.2 Å². The Morgan fingerprint density at radius 1 is 1.12 bits per heavy atom. The van der Waals surface area contributed by atoms with Gasteiger partial charge in [-0.1, -0.05) is 13.3 Å². The van der Waals surface area contributed by atoms with Crippen LogP contribution in [-0.4, -0.2) is 58.5 Å². The van der Waals surface area contributed by atoms with E-state index in [0.717, 1.165) is 84.1 Å². The first-order chi connectivity index (χ1) is 15.7.